The van der Waals surface area contributed by atoms with E-state index in [1.54, 1.807) is 0 Å². The minimum Gasteiger partial charge on any atom is -0.323 e. The predicted octanol–water partition coefficient (Wildman–Crippen LogP) is 2.48. The van der Waals surface area contributed by atoms with Gasteiger partial charge in [-0.2, -0.15) is 24.9 Å². The van der Waals surface area contributed by atoms with E-state index in [-0.39, 0.29) is 5.75 Å². The zero-order valence-corrected chi connectivity index (χ0v) is 12.5. The van der Waals surface area contributed by atoms with Gasteiger partial charge in [-0.3, -0.25) is 0 Å². The SMILES string of the molecule is CS(=O)(=O)CCSCC(N)c1ccc(C(F)(F)F)cc1. The lowest BCUT2D eigenvalue weighted by molar-refractivity contribution is -0.137. The number of thioether (sulfide) groups is 1. The van der Waals surface area contributed by atoms with Gasteiger partial charge in [0.2, 0.25) is 0 Å². The highest BCUT2D eigenvalue weighted by molar-refractivity contribution is 8.00. The number of halogens is 3. The molecule has 8 heteroatoms. The van der Waals surface area contributed by atoms with Gasteiger partial charge >= 0.3 is 6.18 Å². The summed E-state index contributed by atoms with van der Waals surface area (Å²) in [5, 5.41) is 0. The predicted molar refractivity (Wildman–Crippen MR) is 75.4 cm³/mol. The van der Waals surface area contributed by atoms with Crippen molar-refractivity contribution < 1.29 is 21.6 Å². The largest absolute Gasteiger partial charge is 0.416 e. The van der Waals surface area contributed by atoms with Gasteiger partial charge in [0.15, 0.2) is 0 Å². The number of alkyl halides is 3. The van der Waals surface area contributed by atoms with Crippen LogP contribution in [0.3, 0.4) is 0 Å². The fourth-order valence-electron chi connectivity index (χ4n) is 1.44. The van der Waals surface area contributed by atoms with E-state index in [4.69, 9.17) is 5.73 Å². The topological polar surface area (TPSA) is 60.2 Å². The van der Waals surface area contributed by atoms with Gasteiger partial charge in [-0.25, -0.2) is 8.42 Å². The number of nitrogens with two attached hydrogens (primary N) is 1. The van der Waals surface area contributed by atoms with E-state index in [0.717, 1.165) is 18.4 Å². The van der Waals surface area contributed by atoms with Crippen LogP contribution in [0.4, 0.5) is 13.2 Å². The highest BCUT2D eigenvalue weighted by atomic mass is 32.2. The van der Waals surface area contributed by atoms with Crippen molar-refractivity contribution in [2.75, 3.05) is 23.5 Å². The van der Waals surface area contributed by atoms with Gasteiger partial charge in [-0.15, -0.1) is 0 Å². The first kappa shape index (κ1) is 17.3. The summed E-state index contributed by atoms with van der Waals surface area (Å²) in [6.45, 7) is 0. The van der Waals surface area contributed by atoms with Crippen molar-refractivity contribution in [3.8, 4) is 0 Å². The number of rotatable bonds is 6. The Hall–Kier alpha value is -0.730. The molecule has 0 heterocycles. The standard InChI is InChI=1S/C12H16F3NO2S2/c1-20(17,18)7-6-19-8-11(16)9-2-4-10(5-3-9)12(13,14)15/h2-5,11H,6-8,16H2,1H3. The number of hydrogen-bond acceptors (Lipinski definition) is 4. The Morgan fingerprint density at radius 3 is 2.25 bits per heavy atom. The van der Waals surface area contributed by atoms with Crippen LogP contribution in [0.5, 0.6) is 0 Å². The first-order valence-electron chi connectivity index (χ1n) is 5.78. The maximum absolute atomic E-state index is 12.4. The minimum atomic E-state index is -4.35. The van der Waals surface area contributed by atoms with Crippen LogP contribution in [0, 0.1) is 0 Å². The highest BCUT2D eigenvalue weighted by Crippen LogP contribution is 2.30. The molecule has 1 rings (SSSR count). The van der Waals surface area contributed by atoms with Crippen molar-refractivity contribution in [1.29, 1.82) is 0 Å². The minimum absolute atomic E-state index is 0.0669. The average Bonchev–Trinajstić information content (AvgIpc) is 2.32. The Bertz CT molecular complexity index is 527. The molecule has 0 spiro atoms. The van der Waals surface area contributed by atoms with Gasteiger partial charge < -0.3 is 5.73 Å². The van der Waals surface area contributed by atoms with Crippen LogP contribution >= 0.6 is 11.8 Å². The molecule has 0 aliphatic carbocycles. The summed E-state index contributed by atoms with van der Waals surface area (Å²) < 4.78 is 59.0. The number of hydrogen-bond donors (Lipinski definition) is 1. The lowest BCUT2D eigenvalue weighted by atomic mass is 10.1. The van der Waals surface area contributed by atoms with Crippen molar-refractivity contribution in [2.45, 2.75) is 12.2 Å². The number of benzene rings is 1. The van der Waals surface area contributed by atoms with Crippen molar-refractivity contribution in [2.24, 2.45) is 5.73 Å². The van der Waals surface area contributed by atoms with Crippen LogP contribution in [0.15, 0.2) is 24.3 Å². The van der Waals surface area contributed by atoms with Crippen LogP contribution in [0.2, 0.25) is 0 Å². The second-order valence-electron chi connectivity index (χ2n) is 4.43. The molecule has 0 radical (unpaired) electrons. The fraction of sp³-hybridized carbons (Fsp3) is 0.500. The Balaban J connectivity index is 2.50. The highest BCUT2D eigenvalue weighted by Gasteiger charge is 2.30. The van der Waals surface area contributed by atoms with Crippen LogP contribution in [0.1, 0.15) is 17.2 Å². The van der Waals surface area contributed by atoms with Crippen molar-refractivity contribution in [3.63, 3.8) is 0 Å². The van der Waals surface area contributed by atoms with E-state index in [2.05, 4.69) is 0 Å². The molecule has 1 unspecified atom stereocenters. The Morgan fingerprint density at radius 1 is 1.25 bits per heavy atom. The fourth-order valence-corrected chi connectivity index (χ4v) is 3.73. The van der Waals surface area contributed by atoms with E-state index in [1.807, 2.05) is 0 Å². The molecule has 0 aliphatic rings. The van der Waals surface area contributed by atoms with Crippen molar-refractivity contribution in [3.05, 3.63) is 35.4 Å². The molecular formula is C12H16F3NO2S2. The van der Waals surface area contributed by atoms with Gasteiger partial charge in [-0.05, 0) is 17.7 Å². The molecule has 114 valence electrons. The van der Waals surface area contributed by atoms with Crippen LogP contribution < -0.4 is 5.73 Å². The first-order chi connectivity index (χ1) is 9.09. The zero-order chi connectivity index (χ0) is 15.4. The molecule has 0 amide bonds. The molecule has 1 aromatic carbocycles. The summed E-state index contributed by atoms with van der Waals surface area (Å²) in [7, 11) is -3.00. The van der Waals surface area contributed by atoms with Gasteiger partial charge in [-0.1, -0.05) is 12.1 Å². The number of sulfone groups is 1. The van der Waals surface area contributed by atoms with Gasteiger partial charge in [0.1, 0.15) is 9.84 Å². The average molecular weight is 327 g/mol. The van der Waals surface area contributed by atoms with Crippen LogP contribution in [-0.2, 0) is 16.0 Å². The zero-order valence-electron chi connectivity index (χ0n) is 10.9. The molecule has 0 aliphatic heterocycles. The van der Waals surface area contributed by atoms with Crippen LogP contribution in [-0.4, -0.2) is 31.9 Å². The van der Waals surface area contributed by atoms with E-state index >= 15 is 0 Å². The molecule has 0 saturated carbocycles. The molecule has 20 heavy (non-hydrogen) atoms. The molecule has 0 fully saturated rings. The van der Waals surface area contributed by atoms with Gasteiger partial charge in [0.25, 0.3) is 0 Å². The van der Waals surface area contributed by atoms with E-state index < -0.39 is 27.6 Å². The summed E-state index contributed by atoms with van der Waals surface area (Å²) >= 11 is 1.37. The monoisotopic (exact) mass is 327 g/mol. The molecule has 0 aromatic heterocycles. The molecule has 3 nitrogen and oxygen atoms in total. The Morgan fingerprint density at radius 2 is 1.80 bits per heavy atom. The Kier molecular flexibility index (Phi) is 5.91. The summed E-state index contributed by atoms with van der Waals surface area (Å²) in [6.07, 6.45) is -3.20. The maximum Gasteiger partial charge on any atom is 0.416 e. The lowest BCUT2D eigenvalue weighted by Crippen LogP contribution is -2.15. The summed E-state index contributed by atoms with van der Waals surface area (Å²) in [5.74, 6) is 0.950. The smallest absolute Gasteiger partial charge is 0.323 e. The van der Waals surface area contributed by atoms with E-state index in [9.17, 15) is 21.6 Å². The third-order valence-electron chi connectivity index (χ3n) is 2.56. The summed E-state index contributed by atoms with van der Waals surface area (Å²) in [5.41, 5.74) is 5.74. The second-order valence-corrected chi connectivity index (χ2v) is 7.84. The van der Waals surface area contributed by atoms with Gasteiger partial charge in [0.05, 0.1) is 11.3 Å². The third kappa shape index (κ3) is 6.15. The quantitative estimate of drug-likeness (QED) is 0.816. The second kappa shape index (κ2) is 6.82. The molecule has 1 aromatic rings. The first-order valence-corrected chi connectivity index (χ1v) is 8.99. The molecule has 0 bridgehead atoms. The van der Waals surface area contributed by atoms with Crippen molar-refractivity contribution >= 4 is 21.6 Å². The third-order valence-corrected chi connectivity index (χ3v) is 4.85. The summed E-state index contributed by atoms with van der Waals surface area (Å²) in [6, 6.07) is 4.28. The molecule has 1 atom stereocenters. The maximum atomic E-state index is 12.4. The molecular weight excluding hydrogens is 311 g/mol. The van der Waals surface area contributed by atoms with E-state index in [1.165, 1.54) is 23.9 Å². The molecule has 2 N–H and O–H groups in total. The Labute approximate surface area is 120 Å². The van der Waals surface area contributed by atoms with Gasteiger partial charge in [0, 0.05) is 23.8 Å². The molecule has 0 saturated heterocycles. The van der Waals surface area contributed by atoms with E-state index in [0.29, 0.717) is 17.1 Å². The van der Waals surface area contributed by atoms with Crippen molar-refractivity contribution in [1.82, 2.24) is 0 Å². The van der Waals surface area contributed by atoms with Crippen LogP contribution in [0.25, 0.3) is 0 Å². The normalized spacial score (nSPS) is 14.2. The summed E-state index contributed by atoms with van der Waals surface area (Å²) in [4.78, 5) is 0. The lowest BCUT2D eigenvalue weighted by Gasteiger charge is -2.13.